The van der Waals surface area contributed by atoms with Crippen molar-refractivity contribution in [3.63, 3.8) is 0 Å². The fraction of sp³-hybridized carbons (Fsp3) is 0.100. The summed E-state index contributed by atoms with van der Waals surface area (Å²) >= 11 is 0. The van der Waals surface area contributed by atoms with Gasteiger partial charge in [-0.15, -0.1) is 0 Å². The number of nitrogens with two attached hydrogens (primary N) is 1. The summed E-state index contributed by atoms with van der Waals surface area (Å²) in [5.41, 5.74) is 7.45. The molecule has 0 bridgehead atoms. The van der Waals surface area contributed by atoms with Crippen LogP contribution in [0.25, 0.3) is 21.5 Å². The molecule has 0 aliphatic heterocycles. The van der Waals surface area contributed by atoms with E-state index in [1.165, 1.54) is 27.1 Å². The minimum absolute atomic E-state index is 0.406. The van der Waals surface area contributed by atoms with E-state index in [0.717, 1.165) is 6.42 Å². The minimum atomic E-state index is -0.406. The molecule has 21 heavy (non-hydrogen) atoms. The van der Waals surface area contributed by atoms with Gasteiger partial charge in [0.05, 0.1) is 5.54 Å². The molecule has 1 aliphatic rings. The number of allylic oxidation sites excluding steroid dienone is 2. The Labute approximate surface area is 124 Å². The van der Waals surface area contributed by atoms with Crippen molar-refractivity contribution in [1.29, 1.82) is 0 Å². The molecule has 0 aromatic heterocycles. The molecule has 0 saturated carbocycles. The standard InChI is InChI=1S/C20H17N/c21-20(11-4-1-5-12-20)19-10-6-9-17-13-15-7-2-3-8-16(15)14-18(17)19/h1-11,13-14H,12,21H2. The summed E-state index contributed by atoms with van der Waals surface area (Å²) in [6.45, 7) is 0. The molecule has 1 aliphatic carbocycles. The largest absolute Gasteiger partial charge is 0.318 e. The van der Waals surface area contributed by atoms with Crippen molar-refractivity contribution in [2.45, 2.75) is 12.0 Å². The van der Waals surface area contributed by atoms with E-state index in [9.17, 15) is 0 Å². The van der Waals surface area contributed by atoms with Gasteiger partial charge in [-0.2, -0.15) is 0 Å². The van der Waals surface area contributed by atoms with E-state index < -0.39 is 5.54 Å². The van der Waals surface area contributed by atoms with Gasteiger partial charge >= 0.3 is 0 Å². The zero-order valence-electron chi connectivity index (χ0n) is 11.8. The van der Waals surface area contributed by atoms with E-state index in [1.54, 1.807) is 0 Å². The lowest BCUT2D eigenvalue weighted by atomic mass is 9.82. The van der Waals surface area contributed by atoms with Crippen LogP contribution in [0.1, 0.15) is 12.0 Å². The fourth-order valence-corrected chi connectivity index (χ4v) is 3.21. The van der Waals surface area contributed by atoms with Crippen LogP contribution in [0.3, 0.4) is 0 Å². The van der Waals surface area contributed by atoms with E-state index in [2.05, 4.69) is 72.8 Å². The van der Waals surface area contributed by atoms with Gasteiger partial charge < -0.3 is 5.73 Å². The quantitative estimate of drug-likeness (QED) is 0.640. The Balaban J connectivity index is 2.03. The highest BCUT2D eigenvalue weighted by molar-refractivity contribution is 6.00. The number of hydrogen-bond acceptors (Lipinski definition) is 1. The maximum absolute atomic E-state index is 6.65. The first-order valence-electron chi connectivity index (χ1n) is 7.32. The lowest BCUT2D eigenvalue weighted by molar-refractivity contribution is 0.570. The van der Waals surface area contributed by atoms with Crippen molar-refractivity contribution < 1.29 is 0 Å². The summed E-state index contributed by atoms with van der Waals surface area (Å²) in [7, 11) is 0. The molecule has 0 radical (unpaired) electrons. The van der Waals surface area contributed by atoms with Gasteiger partial charge in [-0.1, -0.05) is 66.8 Å². The second-order valence-electron chi connectivity index (χ2n) is 5.76. The predicted molar refractivity (Wildman–Crippen MR) is 90.2 cm³/mol. The van der Waals surface area contributed by atoms with E-state index in [0.29, 0.717) is 0 Å². The third-order valence-corrected chi connectivity index (χ3v) is 4.34. The average molecular weight is 271 g/mol. The van der Waals surface area contributed by atoms with E-state index in [4.69, 9.17) is 5.73 Å². The Morgan fingerprint density at radius 1 is 0.810 bits per heavy atom. The van der Waals surface area contributed by atoms with Crippen molar-refractivity contribution in [3.8, 4) is 0 Å². The predicted octanol–water partition coefficient (Wildman–Crippen LogP) is 4.66. The Kier molecular flexibility index (Phi) is 2.69. The molecule has 4 rings (SSSR count). The molecular weight excluding hydrogens is 254 g/mol. The van der Waals surface area contributed by atoms with Gasteiger partial charge in [0.2, 0.25) is 0 Å². The molecule has 2 N–H and O–H groups in total. The fourth-order valence-electron chi connectivity index (χ4n) is 3.21. The van der Waals surface area contributed by atoms with Crippen molar-refractivity contribution in [2.24, 2.45) is 5.73 Å². The summed E-state index contributed by atoms with van der Waals surface area (Å²) in [5.74, 6) is 0. The van der Waals surface area contributed by atoms with Gasteiger partial charge in [0.1, 0.15) is 0 Å². The molecule has 1 nitrogen and oxygen atoms in total. The molecular formula is C20H17N. The third-order valence-electron chi connectivity index (χ3n) is 4.34. The summed E-state index contributed by atoms with van der Waals surface area (Å²) in [6.07, 6.45) is 9.20. The number of fused-ring (bicyclic) bond motifs is 2. The Morgan fingerprint density at radius 2 is 1.57 bits per heavy atom. The van der Waals surface area contributed by atoms with Crippen LogP contribution in [0.4, 0.5) is 0 Å². The highest BCUT2D eigenvalue weighted by Crippen LogP contribution is 2.34. The van der Waals surface area contributed by atoms with Gasteiger partial charge in [-0.25, -0.2) is 0 Å². The van der Waals surface area contributed by atoms with Crippen LogP contribution in [0.2, 0.25) is 0 Å². The topological polar surface area (TPSA) is 26.0 Å². The zero-order valence-corrected chi connectivity index (χ0v) is 11.8. The molecule has 102 valence electrons. The molecule has 0 saturated heterocycles. The van der Waals surface area contributed by atoms with E-state index in [-0.39, 0.29) is 0 Å². The molecule has 1 heteroatoms. The molecule has 1 atom stereocenters. The summed E-state index contributed by atoms with van der Waals surface area (Å²) in [6, 6.07) is 19.4. The van der Waals surface area contributed by atoms with Crippen molar-refractivity contribution in [1.82, 2.24) is 0 Å². The first-order chi connectivity index (χ1) is 10.3. The normalized spacial score (nSPS) is 21.2. The van der Waals surface area contributed by atoms with E-state index in [1.807, 2.05) is 6.08 Å². The van der Waals surface area contributed by atoms with Crippen LogP contribution >= 0.6 is 0 Å². The first kappa shape index (κ1) is 12.4. The van der Waals surface area contributed by atoms with Crippen LogP contribution in [-0.4, -0.2) is 0 Å². The molecule has 0 amide bonds. The number of benzene rings is 3. The summed E-state index contributed by atoms with van der Waals surface area (Å²) < 4.78 is 0. The monoisotopic (exact) mass is 271 g/mol. The lowest BCUT2D eigenvalue weighted by Crippen LogP contribution is -2.34. The van der Waals surface area contributed by atoms with Crippen LogP contribution in [-0.2, 0) is 5.54 Å². The van der Waals surface area contributed by atoms with Crippen LogP contribution in [0, 0.1) is 0 Å². The number of hydrogen-bond donors (Lipinski definition) is 1. The molecule has 0 spiro atoms. The Bertz CT molecular complexity index is 889. The molecule has 1 unspecified atom stereocenters. The summed E-state index contributed by atoms with van der Waals surface area (Å²) in [5, 5.41) is 5.03. The molecule has 3 aromatic rings. The SMILES string of the molecule is NC1(c2cccc3cc4ccccc4cc23)C=CC=CC1. The van der Waals surface area contributed by atoms with Gasteiger partial charge in [0.15, 0.2) is 0 Å². The van der Waals surface area contributed by atoms with Crippen LogP contribution in [0.15, 0.2) is 78.9 Å². The maximum Gasteiger partial charge on any atom is 0.0639 e. The highest BCUT2D eigenvalue weighted by Gasteiger charge is 2.25. The first-order valence-corrected chi connectivity index (χ1v) is 7.32. The zero-order chi connectivity index (χ0) is 14.3. The van der Waals surface area contributed by atoms with Crippen molar-refractivity contribution >= 4 is 21.5 Å². The van der Waals surface area contributed by atoms with Crippen LogP contribution < -0.4 is 5.73 Å². The average Bonchev–Trinajstić information content (AvgIpc) is 2.53. The molecule has 0 heterocycles. The molecule has 3 aromatic carbocycles. The van der Waals surface area contributed by atoms with Crippen molar-refractivity contribution in [2.75, 3.05) is 0 Å². The van der Waals surface area contributed by atoms with E-state index >= 15 is 0 Å². The summed E-state index contributed by atoms with van der Waals surface area (Å²) in [4.78, 5) is 0. The maximum atomic E-state index is 6.65. The lowest BCUT2D eigenvalue weighted by Gasteiger charge is -2.28. The Morgan fingerprint density at radius 3 is 2.33 bits per heavy atom. The van der Waals surface area contributed by atoms with Gasteiger partial charge in [0.25, 0.3) is 0 Å². The van der Waals surface area contributed by atoms with Gasteiger partial charge in [-0.3, -0.25) is 0 Å². The highest BCUT2D eigenvalue weighted by atomic mass is 14.7. The Hall–Kier alpha value is -2.38. The van der Waals surface area contributed by atoms with Crippen LogP contribution in [0.5, 0.6) is 0 Å². The smallest absolute Gasteiger partial charge is 0.0639 e. The second-order valence-corrected chi connectivity index (χ2v) is 5.76. The molecule has 0 fully saturated rings. The second kappa shape index (κ2) is 4.57. The van der Waals surface area contributed by atoms with Crippen molar-refractivity contribution in [3.05, 3.63) is 84.5 Å². The minimum Gasteiger partial charge on any atom is -0.318 e. The van der Waals surface area contributed by atoms with Gasteiger partial charge in [-0.05, 0) is 45.7 Å². The third kappa shape index (κ3) is 1.98. The number of rotatable bonds is 1. The van der Waals surface area contributed by atoms with Gasteiger partial charge in [0, 0.05) is 0 Å².